The van der Waals surface area contributed by atoms with E-state index in [-0.39, 0.29) is 0 Å². The molecule has 0 aliphatic carbocycles. The number of rotatable bonds is 6. The molecule has 3 N–H and O–H groups in total. The van der Waals surface area contributed by atoms with Crippen LogP contribution in [0, 0.1) is 0 Å². The van der Waals surface area contributed by atoms with Gasteiger partial charge in [-0.1, -0.05) is 0 Å². The molecule has 1 fully saturated rings. The summed E-state index contributed by atoms with van der Waals surface area (Å²) < 4.78 is 5.60. The molecule has 1 aliphatic rings. The number of nitrogens with two attached hydrogens (primary N) is 1. The monoisotopic (exact) mass is 241 g/mol. The lowest BCUT2D eigenvalue weighted by Crippen LogP contribution is -2.37. The summed E-state index contributed by atoms with van der Waals surface area (Å²) in [7, 11) is 0. The van der Waals surface area contributed by atoms with Crippen LogP contribution in [0.5, 0.6) is 0 Å². The van der Waals surface area contributed by atoms with Crippen molar-refractivity contribution >= 4 is 11.3 Å². The third-order valence-electron chi connectivity index (χ3n) is 3.00. The molecule has 5 heteroatoms. The highest BCUT2D eigenvalue weighted by Crippen LogP contribution is 2.19. The number of hydrogen-bond acceptors (Lipinski definition) is 5. The van der Waals surface area contributed by atoms with Gasteiger partial charge in [0.25, 0.3) is 0 Å². The maximum Gasteiger partial charge on any atom is 0.0940 e. The van der Waals surface area contributed by atoms with E-state index in [1.165, 1.54) is 12.8 Å². The van der Waals surface area contributed by atoms with Crippen molar-refractivity contribution < 1.29 is 4.74 Å². The molecule has 2 atom stereocenters. The Labute approximate surface area is 100 Å². The van der Waals surface area contributed by atoms with E-state index in [9.17, 15) is 0 Å². The summed E-state index contributed by atoms with van der Waals surface area (Å²) in [6.07, 6.45) is 7.77. The van der Waals surface area contributed by atoms with Crippen LogP contribution in [0.3, 0.4) is 0 Å². The highest BCUT2D eigenvalue weighted by Gasteiger charge is 2.18. The molecule has 1 aliphatic heterocycles. The summed E-state index contributed by atoms with van der Waals surface area (Å²) in [5.74, 6) is 5.56. The molecule has 4 nitrogen and oxygen atoms in total. The average molecular weight is 241 g/mol. The zero-order chi connectivity index (χ0) is 11.2. The number of hydrazine groups is 1. The maximum absolute atomic E-state index is 5.60. The molecule has 0 radical (unpaired) electrons. The molecule has 0 aromatic carbocycles. The van der Waals surface area contributed by atoms with Crippen molar-refractivity contribution in [3.63, 3.8) is 0 Å². The topological polar surface area (TPSA) is 60.2 Å². The van der Waals surface area contributed by atoms with Gasteiger partial charge in [-0.3, -0.25) is 11.3 Å². The molecule has 2 rings (SSSR count). The van der Waals surface area contributed by atoms with E-state index < -0.39 is 0 Å². The quantitative estimate of drug-likeness (QED) is 0.585. The first-order valence-electron chi connectivity index (χ1n) is 5.84. The van der Waals surface area contributed by atoms with Crippen molar-refractivity contribution in [2.24, 2.45) is 5.84 Å². The molecular formula is C11H19N3OS. The van der Waals surface area contributed by atoms with Gasteiger partial charge in [0.1, 0.15) is 0 Å². The molecule has 0 saturated carbocycles. The first-order valence-corrected chi connectivity index (χ1v) is 6.72. The molecule has 16 heavy (non-hydrogen) atoms. The van der Waals surface area contributed by atoms with E-state index in [4.69, 9.17) is 10.6 Å². The number of aromatic nitrogens is 1. The first-order chi connectivity index (χ1) is 7.88. The van der Waals surface area contributed by atoms with Crippen LogP contribution >= 0.6 is 11.3 Å². The number of hydrogen-bond donors (Lipinski definition) is 2. The standard InChI is InChI=1S/C11H19N3OS/c12-14-9(8-11-13-5-7-16-11)3-4-10-2-1-6-15-10/h5,7,9-10,14H,1-4,6,8,12H2. The Kier molecular flexibility index (Phi) is 4.71. The van der Waals surface area contributed by atoms with Gasteiger partial charge in [0, 0.05) is 30.6 Å². The molecule has 1 aromatic heterocycles. The second kappa shape index (κ2) is 6.30. The predicted molar refractivity (Wildman–Crippen MR) is 65.1 cm³/mol. The Morgan fingerprint density at radius 3 is 3.25 bits per heavy atom. The van der Waals surface area contributed by atoms with Gasteiger partial charge in [-0.2, -0.15) is 0 Å². The van der Waals surface area contributed by atoms with Crippen molar-refractivity contribution in [1.82, 2.24) is 10.4 Å². The Bertz CT molecular complexity index is 285. The molecule has 1 aromatic rings. The number of thiazole rings is 1. The minimum atomic E-state index is 0.315. The summed E-state index contributed by atoms with van der Waals surface area (Å²) in [5.41, 5.74) is 2.88. The van der Waals surface area contributed by atoms with E-state index in [0.717, 1.165) is 30.9 Å². The van der Waals surface area contributed by atoms with Crippen molar-refractivity contribution in [1.29, 1.82) is 0 Å². The largest absolute Gasteiger partial charge is 0.378 e. The third-order valence-corrected chi connectivity index (χ3v) is 3.80. The zero-order valence-electron chi connectivity index (χ0n) is 9.39. The van der Waals surface area contributed by atoms with Crippen LogP contribution in [0.1, 0.15) is 30.7 Å². The van der Waals surface area contributed by atoms with Crippen molar-refractivity contribution in [3.05, 3.63) is 16.6 Å². The molecule has 0 bridgehead atoms. The zero-order valence-corrected chi connectivity index (χ0v) is 10.2. The molecule has 2 heterocycles. The number of nitrogens with one attached hydrogen (secondary N) is 1. The van der Waals surface area contributed by atoms with E-state index in [0.29, 0.717) is 12.1 Å². The molecular weight excluding hydrogens is 222 g/mol. The SMILES string of the molecule is NNC(CCC1CCCO1)Cc1nccs1. The molecule has 1 saturated heterocycles. The van der Waals surface area contributed by atoms with Crippen LogP contribution in [0.15, 0.2) is 11.6 Å². The van der Waals surface area contributed by atoms with E-state index in [1.807, 2.05) is 11.6 Å². The number of nitrogens with zero attached hydrogens (tertiary/aromatic N) is 1. The van der Waals surface area contributed by atoms with Gasteiger partial charge in [0.2, 0.25) is 0 Å². The van der Waals surface area contributed by atoms with Crippen LogP contribution in [0.2, 0.25) is 0 Å². The smallest absolute Gasteiger partial charge is 0.0940 e. The normalized spacial score (nSPS) is 22.4. The second-order valence-electron chi connectivity index (χ2n) is 4.21. The van der Waals surface area contributed by atoms with Gasteiger partial charge >= 0.3 is 0 Å². The molecule has 90 valence electrons. The van der Waals surface area contributed by atoms with E-state index >= 15 is 0 Å². The van der Waals surface area contributed by atoms with Crippen LogP contribution in [0.25, 0.3) is 0 Å². The van der Waals surface area contributed by atoms with E-state index in [1.54, 1.807) is 11.3 Å². The van der Waals surface area contributed by atoms with Crippen LogP contribution in [0.4, 0.5) is 0 Å². The van der Waals surface area contributed by atoms with Gasteiger partial charge in [-0.15, -0.1) is 11.3 Å². The highest BCUT2D eigenvalue weighted by atomic mass is 32.1. The highest BCUT2D eigenvalue weighted by molar-refractivity contribution is 7.09. The van der Waals surface area contributed by atoms with Gasteiger partial charge in [0.05, 0.1) is 11.1 Å². The lowest BCUT2D eigenvalue weighted by Gasteiger charge is -2.16. The minimum Gasteiger partial charge on any atom is -0.378 e. The lowest BCUT2D eigenvalue weighted by molar-refractivity contribution is 0.0996. The Hall–Kier alpha value is -0.490. The van der Waals surface area contributed by atoms with E-state index in [2.05, 4.69) is 10.4 Å². The van der Waals surface area contributed by atoms with Gasteiger partial charge < -0.3 is 4.74 Å². The first kappa shape index (κ1) is 12.0. The van der Waals surface area contributed by atoms with Crippen LogP contribution in [-0.4, -0.2) is 23.7 Å². The average Bonchev–Trinajstić information content (AvgIpc) is 2.97. The maximum atomic E-state index is 5.60. The number of ether oxygens (including phenoxy) is 1. The summed E-state index contributed by atoms with van der Waals surface area (Å²) in [5, 5.41) is 3.15. The van der Waals surface area contributed by atoms with Gasteiger partial charge in [-0.05, 0) is 25.7 Å². The van der Waals surface area contributed by atoms with Crippen molar-refractivity contribution in [2.75, 3.05) is 6.61 Å². The van der Waals surface area contributed by atoms with Gasteiger partial charge in [-0.25, -0.2) is 4.98 Å². The van der Waals surface area contributed by atoms with Crippen molar-refractivity contribution in [2.45, 2.75) is 44.2 Å². The Morgan fingerprint density at radius 1 is 1.69 bits per heavy atom. The van der Waals surface area contributed by atoms with Gasteiger partial charge in [0.15, 0.2) is 0 Å². The summed E-state index contributed by atoms with van der Waals surface area (Å²) in [6, 6.07) is 0.315. The van der Waals surface area contributed by atoms with Crippen LogP contribution < -0.4 is 11.3 Å². The van der Waals surface area contributed by atoms with Crippen molar-refractivity contribution in [3.8, 4) is 0 Å². The fourth-order valence-electron chi connectivity index (χ4n) is 2.07. The third kappa shape index (κ3) is 3.52. The fraction of sp³-hybridized carbons (Fsp3) is 0.727. The molecule has 0 spiro atoms. The summed E-state index contributed by atoms with van der Waals surface area (Å²) >= 11 is 1.69. The summed E-state index contributed by atoms with van der Waals surface area (Å²) in [6.45, 7) is 0.928. The predicted octanol–water partition coefficient (Wildman–Crippen LogP) is 1.48. The van der Waals surface area contributed by atoms with Crippen LogP contribution in [-0.2, 0) is 11.2 Å². The molecule has 2 unspecified atom stereocenters. The summed E-state index contributed by atoms with van der Waals surface area (Å²) in [4.78, 5) is 4.28. The second-order valence-corrected chi connectivity index (χ2v) is 5.19. The Morgan fingerprint density at radius 2 is 2.62 bits per heavy atom. The lowest BCUT2D eigenvalue weighted by atomic mass is 10.0. The Balaban J connectivity index is 1.72. The molecule has 0 amide bonds. The fourth-order valence-corrected chi connectivity index (χ4v) is 2.77. The minimum absolute atomic E-state index is 0.315.